The zero-order valence-corrected chi connectivity index (χ0v) is 10.7. The van der Waals surface area contributed by atoms with Gasteiger partial charge >= 0.3 is 0 Å². The van der Waals surface area contributed by atoms with E-state index in [-0.39, 0.29) is 5.91 Å². The number of carbonyl (C=O) groups is 1. The van der Waals surface area contributed by atoms with Crippen LogP contribution in [-0.4, -0.2) is 50.1 Å². The summed E-state index contributed by atoms with van der Waals surface area (Å²) in [5.41, 5.74) is 11.0. The van der Waals surface area contributed by atoms with Crippen molar-refractivity contribution in [2.75, 3.05) is 39.3 Å². The predicted molar refractivity (Wildman–Crippen MR) is 71.6 cm³/mol. The van der Waals surface area contributed by atoms with E-state index in [1.807, 2.05) is 0 Å². The Balaban J connectivity index is 3.66. The summed E-state index contributed by atoms with van der Waals surface area (Å²) in [5, 5.41) is 2.77. The van der Waals surface area contributed by atoms with E-state index in [1.165, 1.54) is 6.08 Å². The number of nitrogens with two attached hydrogens (primary N) is 2. The number of hydrogen-bond acceptors (Lipinski definition) is 4. The van der Waals surface area contributed by atoms with E-state index in [1.54, 1.807) is 0 Å². The molecule has 100 valence electrons. The van der Waals surface area contributed by atoms with E-state index in [0.29, 0.717) is 19.6 Å². The van der Waals surface area contributed by atoms with Gasteiger partial charge in [0.1, 0.15) is 0 Å². The van der Waals surface area contributed by atoms with Crippen molar-refractivity contribution in [3.63, 3.8) is 0 Å². The minimum atomic E-state index is -0.111. The summed E-state index contributed by atoms with van der Waals surface area (Å²) in [4.78, 5) is 13.3. The third-order valence-corrected chi connectivity index (χ3v) is 2.49. The van der Waals surface area contributed by atoms with Crippen LogP contribution in [0, 0.1) is 0 Å². The number of nitrogens with one attached hydrogen (secondary N) is 1. The molecule has 0 saturated carbocycles. The van der Waals surface area contributed by atoms with Gasteiger partial charge in [-0.05, 0) is 58.1 Å². The minimum Gasteiger partial charge on any atom is -0.353 e. The standard InChI is InChI=1S/C12H26N4O/c1-2-12(17)15-8-5-11-16(9-3-6-13)10-4-7-14/h2H,1,3-11,13-14H2,(H,15,17). The van der Waals surface area contributed by atoms with Crippen molar-refractivity contribution in [1.82, 2.24) is 10.2 Å². The van der Waals surface area contributed by atoms with Gasteiger partial charge in [-0.2, -0.15) is 0 Å². The Bertz CT molecular complexity index is 201. The van der Waals surface area contributed by atoms with Crippen molar-refractivity contribution >= 4 is 5.91 Å². The lowest BCUT2D eigenvalue weighted by molar-refractivity contribution is -0.116. The molecule has 0 aromatic rings. The second-order valence-corrected chi connectivity index (χ2v) is 3.97. The minimum absolute atomic E-state index is 0.111. The summed E-state index contributed by atoms with van der Waals surface area (Å²) in [7, 11) is 0. The summed E-state index contributed by atoms with van der Waals surface area (Å²) < 4.78 is 0. The number of carbonyl (C=O) groups excluding carboxylic acids is 1. The normalized spacial score (nSPS) is 10.5. The molecule has 0 bridgehead atoms. The Morgan fingerprint density at radius 2 is 1.65 bits per heavy atom. The number of rotatable bonds is 11. The molecule has 1 amide bonds. The van der Waals surface area contributed by atoms with E-state index >= 15 is 0 Å². The molecular weight excluding hydrogens is 216 g/mol. The third-order valence-electron chi connectivity index (χ3n) is 2.49. The maximum Gasteiger partial charge on any atom is 0.243 e. The number of hydrogen-bond donors (Lipinski definition) is 3. The molecular formula is C12H26N4O. The van der Waals surface area contributed by atoms with Crippen molar-refractivity contribution in [1.29, 1.82) is 0 Å². The lowest BCUT2D eigenvalue weighted by Gasteiger charge is -2.21. The first-order valence-electron chi connectivity index (χ1n) is 6.27. The molecule has 0 saturated heterocycles. The fourth-order valence-electron chi connectivity index (χ4n) is 1.55. The molecule has 0 aliphatic heterocycles. The highest BCUT2D eigenvalue weighted by atomic mass is 16.1. The monoisotopic (exact) mass is 242 g/mol. The van der Waals surface area contributed by atoms with Gasteiger partial charge in [0.25, 0.3) is 0 Å². The van der Waals surface area contributed by atoms with Gasteiger partial charge < -0.3 is 21.7 Å². The second kappa shape index (κ2) is 11.6. The largest absolute Gasteiger partial charge is 0.353 e. The van der Waals surface area contributed by atoms with Crippen LogP contribution >= 0.6 is 0 Å². The van der Waals surface area contributed by atoms with E-state index in [2.05, 4.69) is 16.8 Å². The van der Waals surface area contributed by atoms with Crippen LogP contribution in [0.15, 0.2) is 12.7 Å². The molecule has 0 aliphatic rings. The topological polar surface area (TPSA) is 84.4 Å². The highest BCUT2D eigenvalue weighted by molar-refractivity contribution is 5.86. The first-order valence-corrected chi connectivity index (χ1v) is 6.27. The zero-order chi connectivity index (χ0) is 12.9. The van der Waals surface area contributed by atoms with Crippen molar-refractivity contribution in [3.05, 3.63) is 12.7 Å². The van der Waals surface area contributed by atoms with Gasteiger partial charge in [-0.3, -0.25) is 4.79 Å². The van der Waals surface area contributed by atoms with Crippen LogP contribution < -0.4 is 16.8 Å². The van der Waals surface area contributed by atoms with E-state index in [0.717, 1.165) is 38.9 Å². The average Bonchev–Trinajstić information content (AvgIpc) is 2.36. The molecule has 0 atom stereocenters. The van der Waals surface area contributed by atoms with E-state index in [4.69, 9.17) is 11.5 Å². The molecule has 0 fully saturated rings. The zero-order valence-electron chi connectivity index (χ0n) is 10.7. The first kappa shape index (κ1) is 16.1. The molecule has 5 nitrogen and oxygen atoms in total. The SMILES string of the molecule is C=CC(=O)NCCCN(CCCN)CCCN. The Labute approximate surface area is 104 Å². The highest BCUT2D eigenvalue weighted by Crippen LogP contribution is 1.95. The Morgan fingerprint density at radius 3 is 2.12 bits per heavy atom. The third kappa shape index (κ3) is 9.99. The molecule has 0 spiro atoms. The van der Waals surface area contributed by atoms with Crippen LogP contribution in [0.4, 0.5) is 0 Å². The molecule has 0 heterocycles. The summed E-state index contributed by atoms with van der Waals surface area (Å²) in [6.45, 7) is 8.50. The molecule has 5 heteroatoms. The summed E-state index contributed by atoms with van der Waals surface area (Å²) >= 11 is 0. The molecule has 5 N–H and O–H groups in total. The Hall–Kier alpha value is -0.910. The van der Waals surface area contributed by atoms with Crippen LogP contribution in [0.3, 0.4) is 0 Å². The summed E-state index contributed by atoms with van der Waals surface area (Å²) in [5.74, 6) is -0.111. The maximum absolute atomic E-state index is 10.9. The van der Waals surface area contributed by atoms with E-state index in [9.17, 15) is 4.79 Å². The lowest BCUT2D eigenvalue weighted by Crippen LogP contribution is -2.32. The molecule has 0 rings (SSSR count). The predicted octanol–water partition coefficient (Wildman–Crippen LogP) is -0.322. The Kier molecular flexibility index (Phi) is 11.0. The van der Waals surface area contributed by atoms with Gasteiger partial charge in [0.05, 0.1) is 0 Å². The van der Waals surface area contributed by atoms with Crippen molar-refractivity contribution in [2.24, 2.45) is 11.5 Å². The lowest BCUT2D eigenvalue weighted by atomic mass is 10.3. The summed E-state index contributed by atoms with van der Waals surface area (Å²) in [6.07, 6.45) is 4.24. The van der Waals surface area contributed by atoms with Crippen LogP contribution in [0.5, 0.6) is 0 Å². The van der Waals surface area contributed by atoms with Crippen molar-refractivity contribution < 1.29 is 4.79 Å². The smallest absolute Gasteiger partial charge is 0.243 e. The summed E-state index contributed by atoms with van der Waals surface area (Å²) in [6, 6.07) is 0. The number of nitrogens with zero attached hydrogens (tertiary/aromatic N) is 1. The Morgan fingerprint density at radius 1 is 1.12 bits per heavy atom. The van der Waals surface area contributed by atoms with Gasteiger partial charge in [-0.25, -0.2) is 0 Å². The molecule has 17 heavy (non-hydrogen) atoms. The fraction of sp³-hybridized carbons (Fsp3) is 0.750. The fourth-order valence-corrected chi connectivity index (χ4v) is 1.55. The molecule has 0 aromatic heterocycles. The molecule has 0 unspecified atom stereocenters. The molecule has 0 aliphatic carbocycles. The first-order chi connectivity index (χ1) is 8.24. The molecule has 0 aromatic carbocycles. The number of amides is 1. The van der Waals surface area contributed by atoms with Gasteiger partial charge in [0.15, 0.2) is 0 Å². The second-order valence-electron chi connectivity index (χ2n) is 3.97. The highest BCUT2D eigenvalue weighted by Gasteiger charge is 2.03. The molecule has 0 radical (unpaired) electrons. The van der Waals surface area contributed by atoms with Gasteiger partial charge in [-0.15, -0.1) is 0 Å². The van der Waals surface area contributed by atoms with Gasteiger partial charge in [0.2, 0.25) is 5.91 Å². The average molecular weight is 242 g/mol. The maximum atomic E-state index is 10.9. The van der Waals surface area contributed by atoms with E-state index < -0.39 is 0 Å². The van der Waals surface area contributed by atoms with Crippen molar-refractivity contribution in [2.45, 2.75) is 19.3 Å². The van der Waals surface area contributed by atoms with Gasteiger partial charge in [-0.1, -0.05) is 6.58 Å². The van der Waals surface area contributed by atoms with Crippen LogP contribution in [-0.2, 0) is 4.79 Å². The van der Waals surface area contributed by atoms with Crippen LogP contribution in [0.1, 0.15) is 19.3 Å². The van der Waals surface area contributed by atoms with Crippen LogP contribution in [0.2, 0.25) is 0 Å². The quantitative estimate of drug-likeness (QED) is 0.342. The van der Waals surface area contributed by atoms with Crippen molar-refractivity contribution in [3.8, 4) is 0 Å². The van der Waals surface area contributed by atoms with Crippen LogP contribution in [0.25, 0.3) is 0 Å². The van der Waals surface area contributed by atoms with Gasteiger partial charge in [0, 0.05) is 6.54 Å².